The monoisotopic (exact) mass is 241 g/mol. The molecule has 94 valence electrons. The van der Waals surface area contributed by atoms with Gasteiger partial charge in [-0.05, 0) is 50.2 Å². The molecule has 0 spiro atoms. The van der Waals surface area contributed by atoms with Crippen molar-refractivity contribution in [3.63, 3.8) is 0 Å². The van der Waals surface area contributed by atoms with E-state index < -0.39 is 0 Å². The molecule has 3 heterocycles. The Morgan fingerprint density at radius 3 is 2.28 bits per heavy atom. The smallest absolute Gasteiger partial charge is 0.0717 e. The Kier molecular flexibility index (Phi) is 5.34. The van der Waals surface area contributed by atoms with Gasteiger partial charge < -0.3 is 5.32 Å². The molecule has 1 fully saturated rings. The van der Waals surface area contributed by atoms with E-state index in [1.807, 2.05) is 36.5 Å². The largest absolute Gasteiger partial charge is 0.317 e. The maximum absolute atomic E-state index is 4.21. The highest BCUT2D eigenvalue weighted by Gasteiger charge is 1.94. The van der Waals surface area contributed by atoms with Crippen LogP contribution in [0.5, 0.6) is 0 Å². The summed E-state index contributed by atoms with van der Waals surface area (Å²) in [4.78, 5) is 8.23. The highest BCUT2D eigenvalue weighted by molar-refractivity contribution is 5.56. The molecule has 0 unspecified atom stereocenters. The normalized spacial score (nSPS) is 14.4. The number of piperidine rings is 1. The van der Waals surface area contributed by atoms with Crippen LogP contribution in [0.15, 0.2) is 48.9 Å². The van der Waals surface area contributed by atoms with Gasteiger partial charge in [-0.2, -0.15) is 0 Å². The first-order chi connectivity index (χ1) is 8.97. The maximum Gasteiger partial charge on any atom is 0.0717 e. The van der Waals surface area contributed by atoms with Crippen LogP contribution < -0.4 is 5.32 Å². The van der Waals surface area contributed by atoms with Crippen molar-refractivity contribution < 1.29 is 0 Å². The fraction of sp³-hybridized carbons (Fsp3) is 0.333. The Bertz CT molecular complexity index is 375. The lowest BCUT2D eigenvalue weighted by Crippen LogP contribution is -2.21. The lowest BCUT2D eigenvalue weighted by Gasteiger charge is -2.08. The summed E-state index contributed by atoms with van der Waals surface area (Å²) in [5.41, 5.74) is 2.02. The zero-order valence-corrected chi connectivity index (χ0v) is 10.5. The summed E-state index contributed by atoms with van der Waals surface area (Å²) in [6, 6.07) is 9.74. The summed E-state index contributed by atoms with van der Waals surface area (Å²) in [5.74, 6) is 0. The van der Waals surface area contributed by atoms with Gasteiger partial charge in [0.2, 0.25) is 0 Å². The first-order valence-electron chi connectivity index (χ1n) is 6.49. The molecule has 2 aromatic heterocycles. The number of pyridine rings is 2. The van der Waals surface area contributed by atoms with Gasteiger partial charge in [0.05, 0.1) is 5.69 Å². The van der Waals surface area contributed by atoms with Crippen LogP contribution in [0, 0.1) is 0 Å². The van der Waals surface area contributed by atoms with Crippen LogP contribution >= 0.6 is 0 Å². The Hall–Kier alpha value is -1.74. The van der Waals surface area contributed by atoms with Crippen LogP contribution in [0.1, 0.15) is 19.3 Å². The van der Waals surface area contributed by atoms with E-state index in [1.54, 1.807) is 12.4 Å². The minimum atomic E-state index is 0.964. The number of aromatic nitrogens is 2. The summed E-state index contributed by atoms with van der Waals surface area (Å²) in [5, 5.41) is 3.28. The van der Waals surface area contributed by atoms with E-state index in [4.69, 9.17) is 0 Å². The molecule has 18 heavy (non-hydrogen) atoms. The van der Waals surface area contributed by atoms with Crippen molar-refractivity contribution in [2.24, 2.45) is 0 Å². The van der Waals surface area contributed by atoms with Crippen molar-refractivity contribution in [2.75, 3.05) is 13.1 Å². The second-order valence-corrected chi connectivity index (χ2v) is 4.27. The molecular weight excluding hydrogens is 222 g/mol. The number of nitrogens with one attached hydrogen (secondary N) is 1. The first-order valence-corrected chi connectivity index (χ1v) is 6.49. The average Bonchev–Trinajstić information content (AvgIpc) is 2.51. The molecule has 3 nitrogen and oxygen atoms in total. The molecule has 1 aliphatic heterocycles. The van der Waals surface area contributed by atoms with Crippen LogP contribution in [-0.2, 0) is 0 Å². The summed E-state index contributed by atoms with van der Waals surface area (Å²) in [6.07, 6.45) is 9.56. The highest BCUT2D eigenvalue weighted by Crippen LogP contribution is 2.12. The van der Waals surface area contributed by atoms with Crippen LogP contribution in [-0.4, -0.2) is 23.1 Å². The molecule has 3 heteroatoms. The maximum atomic E-state index is 4.21. The highest BCUT2D eigenvalue weighted by atomic mass is 14.9. The van der Waals surface area contributed by atoms with E-state index in [1.165, 1.54) is 32.4 Å². The average molecular weight is 241 g/mol. The zero-order valence-electron chi connectivity index (χ0n) is 10.5. The summed E-state index contributed by atoms with van der Waals surface area (Å²) in [6.45, 7) is 2.50. The fourth-order valence-electron chi connectivity index (χ4n) is 1.85. The van der Waals surface area contributed by atoms with Gasteiger partial charge in [0.15, 0.2) is 0 Å². The van der Waals surface area contributed by atoms with Crippen molar-refractivity contribution in [3.05, 3.63) is 48.9 Å². The SMILES string of the molecule is C1CCNCC1.c1ccc(-c2cccnc2)nc1. The minimum Gasteiger partial charge on any atom is -0.317 e. The van der Waals surface area contributed by atoms with Crippen LogP contribution in [0.4, 0.5) is 0 Å². The molecule has 3 rings (SSSR count). The van der Waals surface area contributed by atoms with Crippen LogP contribution in [0.2, 0.25) is 0 Å². The lowest BCUT2D eigenvalue weighted by molar-refractivity contribution is 0.520. The van der Waals surface area contributed by atoms with Crippen molar-refractivity contribution in [1.82, 2.24) is 15.3 Å². The molecule has 1 aliphatic rings. The zero-order chi connectivity index (χ0) is 12.5. The lowest BCUT2D eigenvalue weighted by atomic mass is 10.2. The number of hydrogen-bond acceptors (Lipinski definition) is 3. The van der Waals surface area contributed by atoms with Crippen molar-refractivity contribution in [2.45, 2.75) is 19.3 Å². The van der Waals surface area contributed by atoms with Gasteiger partial charge in [-0.25, -0.2) is 0 Å². The quantitative estimate of drug-likeness (QED) is 0.834. The molecule has 1 saturated heterocycles. The topological polar surface area (TPSA) is 37.8 Å². The summed E-state index contributed by atoms with van der Waals surface area (Å²) in [7, 11) is 0. The number of nitrogens with zero attached hydrogens (tertiary/aromatic N) is 2. The van der Waals surface area contributed by atoms with E-state index in [2.05, 4.69) is 15.3 Å². The molecule has 0 radical (unpaired) electrons. The summed E-state index contributed by atoms with van der Waals surface area (Å²) < 4.78 is 0. The third-order valence-electron chi connectivity index (χ3n) is 2.83. The van der Waals surface area contributed by atoms with Gasteiger partial charge in [-0.15, -0.1) is 0 Å². The predicted molar refractivity (Wildman–Crippen MR) is 74.2 cm³/mol. The van der Waals surface area contributed by atoms with E-state index in [0.29, 0.717) is 0 Å². The molecule has 0 amide bonds. The molecule has 1 N–H and O–H groups in total. The molecule has 0 atom stereocenters. The third kappa shape index (κ3) is 4.26. The Balaban J connectivity index is 0.000000169. The Morgan fingerprint density at radius 1 is 0.889 bits per heavy atom. The molecule has 0 bridgehead atoms. The minimum absolute atomic E-state index is 0.964. The Morgan fingerprint density at radius 2 is 1.78 bits per heavy atom. The predicted octanol–water partition coefficient (Wildman–Crippen LogP) is 2.90. The van der Waals surface area contributed by atoms with Crippen molar-refractivity contribution in [1.29, 1.82) is 0 Å². The summed E-state index contributed by atoms with van der Waals surface area (Å²) >= 11 is 0. The van der Waals surface area contributed by atoms with Crippen molar-refractivity contribution >= 4 is 0 Å². The molecular formula is C15H19N3. The molecule has 2 aromatic rings. The van der Waals surface area contributed by atoms with Gasteiger partial charge in [-0.1, -0.05) is 12.5 Å². The van der Waals surface area contributed by atoms with Crippen LogP contribution in [0.25, 0.3) is 11.3 Å². The van der Waals surface area contributed by atoms with Gasteiger partial charge in [-0.3, -0.25) is 9.97 Å². The van der Waals surface area contributed by atoms with E-state index >= 15 is 0 Å². The molecule has 0 saturated carbocycles. The molecule has 0 aromatic carbocycles. The van der Waals surface area contributed by atoms with Crippen LogP contribution in [0.3, 0.4) is 0 Å². The first kappa shape index (κ1) is 12.7. The van der Waals surface area contributed by atoms with Gasteiger partial charge >= 0.3 is 0 Å². The second kappa shape index (κ2) is 7.56. The van der Waals surface area contributed by atoms with Gasteiger partial charge in [0.1, 0.15) is 0 Å². The van der Waals surface area contributed by atoms with E-state index in [9.17, 15) is 0 Å². The third-order valence-corrected chi connectivity index (χ3v) is 2.83. The number of hydrogen-bond donors (Lipinski definition) is 1. The van der Waals surface area contributed by atoms with Gasteiger partial charge in [0.25, 0.3) is 0 Å². The molecule has 0 aliphatic carbocycles. The Labute approximate surface area is 108 Å². The van der Waals surface area contributed by atoms with E-state index in [0.717, 1.165) is 11.3 Å². The van der Waals surface area contributed by atoms with Crippen molar-refractivity contribution in [3.8, 4) is 11.3 Å². The fourth-order valence-corrected chi connectivity index (χ4v) is 1.85. The standard InChI is InChI=1S/C10H8N2.C5H11N/c1-2-7-12-10(5-1)9-4-3-6-11-8-9;1-2-4-6-5-3-1/h1-8H;6H,1-5H2. The second-order valence-electron chi connectivity index (χ2n) is 4.27. The van der Waals surface area contributed by atoms with E-state index in [-0.39, 0.29) is 0 Å². The van der Waals surface area contributed by atoms with Gasteiger partial charge in [0, 0.05) is 24.2 Å². The number of rotatable bonds is 1.